The predicted molar refractivity (Wildman–Crippen MR) is 123 cm³/mol. The van der Waals surface area contributed by atoms with Gasteiger partial charge in [-0.2, -0.15) is 5.10 Å². The van der Waals surface area contributed by atoms with Crippen molar-refractivity contribution in [3.63, 3.8) is 0 Å². The van der Waals surface area contributed by atoms with E-state index in [0.717, 1.165) is 30.8 Å². The van der Waals surface area contributed by atoms with Gasteiger partial charge in [0.15, 0.2) is 5.96 Å². The number of guanidine groups is 1. The smallest absolute Gasteiger partial charge is 0.188 e. The summed E-state index contributed by atoms with van der Waals surface area (Å²) in [5.41, 5.74) is 9.52. The third-order valence-electron chi connectivity index (χ3n) is 5.11. The molecule has 2 aromatic rings. The molecule has 3 rings (SSSR count). The van der Waals surface area contributed by atoms with E-state index < -0.39 is 0 Å². The number of nitrogens with two attached hydrogens (primary N) is 1. The van der Waals surface area contributed by atoms with Crippen LogP contribution in [0.15, 0.2) is 41.5 Å². The third kappa shape index (κ3) is 6.83. The average molecular weight is 481 g/mol. The van der Waals surface area contributed by atoms with E-state index in [0.29, 0.717) is 12.0 Å². The van der Waals surface area contributed by atoms with Crippen LogP contribution in [-0.4, -0.2) is 28.3 Å². The van der Waals surface area contributed by atoms with Crippen LogP contribution in [0.5, 0.6) is 0 Å². The highest BCUT2D eigenvalue weighted by atomic mass is 127. The maximum Gasteiger partial charge on any atom is 0.188 e. The van der Waals surface area contributed by atoms with E-state index in [2.05, 4.69) is 40.7 Å². The molecule has 0 atom stereocenters. The number of nitrogens with zero attached hydrogens (tertiary/aromatic N) is 3. The minimum Gasteiger partial charge on any atom is -0.370 e. The van der Waals surface area contributed by atoms with E-state index in [4.69, 9.17) is 5.73 Å². The summed E-state index contributed by atoms with van der Waals surface area (Å²) in [6.45, 7) is 2.82. The van der Waals surface area contributed by atoms with Gasteiger partial charge in [-0.1, -0.05) is 43.9 Å². The van der Waals surface area contributed by atoms with Crippen LogP contribution < -0.4 is 11.1 Å². The zero-order chi connectivity index (χ0) is 18.2. The highest BCUT2D eigenvalue weighted by Crippen LogP contribution is 2.17. The van der Waals surface area contributed by atoms with Gasteiger partial charge in [0.2, 0.25) is 0 Å². The Kier molecular flexibility index (Phi) is 9.10. The molecule has 0 saturated heterocycles. The van der Waals surface area contributed by atoms with E-state index in [-0.39, 0.29) is 24.0 Å². The van der Waals surface area contributed by atoms with Crippen LogP contribution in [-0.2, 0) is 6.42 Å². The molecule has 1 fully saturated rings. The summed E-state index contributed by atoms with van der Waals surface area (Å²) in [4.78, 5) is 4.51. The first-order valence-corrected chi connectivity index (χ1v) is 9.89. The topological polar surface area (TPSA) is 68.2 Å². The van der Waals surface area contributed by atoms with Crippen LogP contribution in [0.25, 0.3) is 5.69 Å². The lowest BCUT2D eigenvalue weighted by Gasteiger charge is -2.16. The molecule has 6 heteroatoms. The highest BCUT2D eigenvalue weighted by Gasteiger charge is 2.12. The molecule has 1 aliphatic rings. The first kappa shape index (κ1) is 21.7. The second-order valence-corrected chi connectivity index (χ2v) is 7.22. The average Bonchev–Trinajstić information content (AvgIpc) is 2.84. The van der Waals surface area contributed by atoms with Gasteiger partial charge in [0.05, 0.1) is 11.4 Å². The van der Waals surface area contributed by atoms with Gasteiger partial charge in [-0.25, -0.2) is 4.68 Å². The van der Waals surface area contributed by atoms with Gasteiger partial charge in [-0.05, 0) is 50.3 Å². The molecule has 0 bridgehead atoms. The van der Waals surface area contributed by atoms with E-state index >= 15 is 0 Å². The van der Waals surface area contributed by atoms with E-state index in [9.17, 15) is 0 Å². The second-order valence-electron chi connectivity index (χ2n) is 7.22. The predicted octanol–water partition coefficient (Wildman–Crippen LogP) is 4.36. The lowest BCUT2D eigenvalue weighted by Crippen LogP contribution is -2.39. The van der Waals surface area contributed by atoms with Gasteiger partial charge in [0.1, 0.15) is 0 Å². The number of para-hydroxylation sites is 1. The van der Waals surface area contributed by atoms with Crippen LogP contribution in [0.4, 0.5) is 0 Å². The SMILES string of the molecule is Cc1nn(-c2ccccc2)cc1CCCN=C(N)NC1CCCCCC1.I. The van der Waals surface area contributed by atoms with Gasteiger partial charge in [-0.15, -0.1) is 24.0 Å². The largest absolute Gasteiger partial charge is 0.370 e. The molecule has 0 aliphatic heterocycles. The van der Waals surface area contributed by atoms with Crippen molar-refractivity contribution in [3.8, 4) is 5.69 Å². The Morgan fingerprint density at radius 2 is 1.89 bits per heavy atom. The number of rotatable bonds is 6. The van der Waals surface area contributed by atoms with Gasteiger partial charge in [0, 0.05) is 18.8 Å². The molecule has 1 aromatic heterocycles. The Hall–Kier alpha value is -1.57. The fraction of sp³-hybridized carbons (Fsp3) is 0.524. The number of benzene rings is 1. The molecule has 5 nitrogen and oxygen atoms in total. The summed E-state index contributed by atoms with van der Waals surface area (Å²) in [7, 11) is 0. The number of nitrogens with one attached hydrogen (secondary N) is 1. The summed E-state index contributed by atoms with van der Waals surface area (Å²) in [6, 6.07) is 10.7. The molecular formula is C21H32IN5. The molecule has 1 aliphatic carbocycles. The molecule has 148 valence electrons. The molecule has 0 spiro atoms. The number of aryl methyl sites for hydroxylation is 2. The third-order valence-corrected chi connectivity index (χ3v) is 5.11. The molecule has 3 N–H and O–H groups in total. The van der Waals surface area contributed by atoms with Crippen molar-refractivity contribution in [1.29, 1.82) is 0 Å². The number of halogens is 1. The first-order chi connectivity index (χ1) is 12.7. The Balaban J connectivity index is 0.00000261. The fourth-order valence-corrected chi connectivity index (χ4v) is 3.60. The summed E-state index contributed by atoms with van der Waals surface area (Å²) >= 11 is 0. The first-order valence-electron chi connectivity index (χ1n) is 9.89. The quantitative estimate of drug-likeness (QED) is 0.212. The molecule has 1 aromatic carbocycles. The fourth-order valence-electron chi connectivity index (χ4n) is 3.60. The summed E-state index contributed by atoms with van der Waals surface area (Å²) < 4.78 is 1.95. The lowest BCUT2D eigenvalue weighted by atomic mass is 10.1. The van der Waals surface area contributed by atoms with E-state index in [1.165, 1.54) is 44.1 Å². The maximum absolute atomic E-state index is 6.07. The Labute approximate surface area is 179 Å². The number of aliphatic imine (C=N–C) groups is 1. The standard InChI is InChI=1S/C21H31N5.HI/c1-17-18(16-26(25-17)20-13-7-4-8-14-20)10-9-15-23-21(22)24-19-11-5-2-3-6-12-19;/h4,7-8,13-14,16,19H,2-3,5-6,9-12,15H2,1H3,(H3,22,23,24);1H. The van der Waals surface area contributed by atoms with Crippen molar-refractivity contribution in [3.05, 3.63) is 47.8 Å². The molecule has 1 saturated carbocycles. The summed E-state index contributed by atoms with van der Waals surface area (Å²) in [5.74, 6) is 0.605. The number of hydrogen-bond acceptors (Lipinski definition) is 2. The maximum atomic E-state index is 6.07. The van der Waals surface area contributed by atoms with Crippen molar-refractivity contribution >= 4 is 29.9 Å². The summed E-state index contributed by atoms with van der Waals surface area (Å²) in [6.07, 6.45) is 11.8. The highest BCUT2D eigenvalue weighted by molar-refractivity contribution is 14.0. The molecule has 27 heavy (non-hydrogen) atoms. The van der Waals surface area contributed by atoms with Crippen molar-refractivity contribution in [1.82, 2.24) is 15.1 Å². The van der Waals surface area contributed by atoms with E-state index in [1.807, 2.05) is 22.9 Å². The van der Waals surface area contributed by atoms with Crippen LogP contribution in [0.1, 0.15) is 56.2 Å². The van der Waals surface area contributed by atoms with Crippen LogP contribution in [0.3, 0.4) is 0 Å². The second kappa shape index (κ2) is 11.3. The zero-order valence-electron chi connectivity index (χ0n) is 16.2. The Morgan fingerprint density at radius 1 is 1.19 bits per heavy atom. The molecular weight excluding hydrogens is 449 g/mol. The number of hydrogen-bond donors (Lipinski definition) is 2. The van der Waals surface area contributed by atoms with Crippen molar-refractivity contribution in [2.75, 3.05) is 6.54 Å². The number of aromatic nitrogens is 2. The molecule has 0 amide bonds. The van der Waals surface area contributed by atoms with Crippen molar-refractivity contribution in [2.45, 2.75) is 64.3 Å². The van der Waals surface area contributed by atoms with Gasteiger partial charge < -0.3 is 11.1 Å². The van der Waals surface area contributed by atoms with Crippen LogP contribution in [0.2, 0.25) is 0 Å². The minimum absolute atomic E-state index is 0. The monoisotopic (exact) mass is 481 g/mol. The molecule has 0 radical (unpaired) electrons. The summed E-state index contributed by atoms with van der Waals surface area (Å²) in [5, 5.41) is 8.03. The van der Waals surface area contributed by atoms with Crippen molar-refractivity contribution < 1.29 is 0 Å². The van der Waals surface area contributed by atoms with Gasteiger partial charge in [-0.3, -0.25) is 4.99 Å². The zero-order valence-corrected chi connectivity index (χ0v) is 18.6. The van der Waals surface area contributed by atoms with Crippen LogP contribution in [0, 0.1) is 6.92 Å². The molecule has 0 unspecified atom stereocenters. The lowest BCUT2D eigenvalue weighted by molar-refractivity contribution is 0.530. The minimum atomic E-state index is 0. The molecule has 1 heterocycles. The van der Waals surface area contributed by atoms with E-state index in [1.54, 1.807) is 0 Å². The normalized spacial score (nSPS) is 15.8. The van der Waals surface area contributed by atoms with Crippen molar-refractivity contribution in [2.24, 2.45) is 10.7 Å². The Morgan fingerprint density at radius 3 is 2.59 bits per heavy atom. The van der Waals surface area contributed by atoms with Gasteiger partial charge >= 0.3 is 0 Å². The van der Waals surface area contributed by atoms with Gasteiger partial charge in [0.25, 0.3) is 0 Å². The Bertz CT molecular complexity index is 703. The van der Waals surface area contributed by atoms with Crippen LogP contribution >= 0.6 is 24.0 Å².